The van der Waals surface area contributed by atoms with Crippen LogP contribution in [0.15, 0.2) is 34.9 Å². The predicted octanol–water partition coefficient (Wildman–Crippen LogP) is 5.18. The number of nitrogens with one attached hydrogen (secondary N) is 1. The lowest BCUT2D eigenvalue weighted by Crippen LogP contribution is -2.17. The Morgan fingerprint density at radius 2 is 1.91 bits per heavy atom. The van der Waals surface area contributed by atoms with E-state index in [9.17, 15) is 13.2 Å². The molecular weight excluding hydrogens is 375 g/mol. The molecule has 0 radical (unpaired) electrons. The first-order valence-electron chi connectivity index (χ1n) is 6.93. The minimum absolute atomic E-state index is 0.0404. The zero-order valence-corrected chi connectivity index (χ0v) is 14.1. The maximum atomic E-state index is 13.0. The highest BCUT2D eigenvalue weighted by molar-refractivity contribution is 9.10. The fourth-order valence-corrected chi connectivity index (χ4v) is 1.91. The third-order valence-electron chi connectivity index (χ3n) is 3.05. The molecule has 124 valence electrons. The SMILES string of the molecule is CCC(C)Oc1nc(Nc2ccc(Br)cc2)ncc1C(F)(F)F. The first kappa shape index (κ1) is 17.5. The summed E-state index contributed by atoms with van der Waals surface area (Å²) >= 11 is 3.30. The topological polar surface area (TPSA) is 47.0 Å². The highest BCUT2D eigenvalue weighted by Gasteiger charge is 2.36. The third kappa shape index (κ3) is 4.82. The molecule has 0 aliphatic carbocycles. The van der Waals surface area contributed by atoms with E-state index in [0.717, 1.165) is 10.7 Å². The number of hydrogen-bond donors (Lipinski definition) is 1. The van der Waals surface area contributed by atoms with E-state index in [-0.39, 0.29) is 12.1 Å². The van der Waals surface area contributed by atoms with E-state index in [1.807, 2.05) is 6.92 Å². The number of alkyl halides is 3. The van der Waals surface area contributed by atoms with Gasteiger partial charge in [0.05, 0.1) is 6.10 Å². The van der Waals surface area contributed by atoms with Crippen LogP contribution in [-0.4, -0.2) is 16.1 Å². The molecule has 0 spiro atoms. The molecule has 0 amide bonds. The molecule has 1 unspecified atom stereocenters. The van der Waals surface area contributed by atoms with Crippen LogP contribution in [0.4, 0.5) is 24.8 Å². The normalized spacial score (nSPS) is 12.8. The zero-order chi connectivity index (χ0) is 17.0. The monoisotopic (exact) mass is 389 g/mol. The maximum absolute atomic E-state index is 13.0. The summed E-state index contributed by atoms with van der Waals surface area (Å²) in [5, 5.41) is 2.85. The molecule has 8 heteroatoms. The van der Waals surface area contributed by atoms with E-state index < -0.39 is 17.6 Å². The Balaban J connectivity index is 2.31. The van der Waals surface area contributed by atoms with E-state index >= 15 is 0 Å². The number of rotatable bonds is 5. The first-order valence-corrected chi connectivity index (χ1v) is 7.72. The fourth-order valence-electron chi connectivity index (χ4n) is 1.65. The van der Waals surface area contributed by atoms with Gasteiger partial charge in [-0.25, -0.2) is 4.98 Å². The van der Waals surface area contributed by atoms with Gasteiger partial charge in [0, 0.05) is 16.4 Å². The number of hydrogen-bond acceptors (Lipinski definition) is 4. The van der Waals surface area contributed by atoms with Crippen LogP contribution in [0.3, 0.4) is 0 Å². The van der Waals surface area contributed by atoms with Gasteiger partial charge < -0.3 is 10.1 Å². The molecule has 0 aliphatic rings. The molecule has 2 rings (SSSR count). The van der Waals surface area contributed by atoms with Crippen molar-refractivity contribution >= 4 is 27.6 Å². The van der Waals surface area contributed by atoms with Gasteiger partial charge >= 0.3 is 6.18 Å². The number of aromatic nitrogens is 2. The van der Waals surface area contributed by atoms with Crippen LogP contribution in [0.1, 0.15) is 25.8 Å². The Kier molecular flexibility index (Phi) is 5.46. The van der Waals surface area contributed by atoms with Crippen LogP contribution < -0.4 is 10.1 Å². The van der Waals surface area contributed by atoms with Crippen LogP contribution in [-0.2, 0) is 6.18 Å². The van der Waals surface area contributed by atoms with Gasteiger partial charge in [0.25, 0.3) is 0 Å². The van der Waals surface area contributed by atoms with Crippen LogP contribution in [0, 0.1) is 0 Å². The molecule has 4 nitrogen and oxygen atoms in total. The minimum Gasteiger partial charge on any atom is -0.474 e. The predicted molar refractivity (Wildman–Crippen MR) is 84.8 cm³/mol. The van der Waals surface area contributed by atoms with Crippen molar-refractivity contribution in [1.29, 1.82) is 0 Å². The van der Waals surface area contributed by atoms with Crippen molar-refractivity contribution < 1.29 is 17.9 Å². The molecule has 1 heterocycles. The first-order chi connectivity index (χ1) is 10.8. The smallest absolute Gasteiger partial charge is 0.423 e. The second-order valence-electron chi connectivity index (χ2n) is 4.88. The largest absolute Gasteiger partial charge is 0.474 e. The highest BCUT2D eigenvalue weighted by Crippen LogP contribution is 2.35. The Hall–Kier alpha value is -1.83. The maximum Gasteiger partial charge on any atom is 0.423 e. The molecule has 1 aromatic carbocycles. The standard InChI is InChI=1S/C15H15BrF3N3O/c1-3-9(2)23-13-12(15(17,18)19)8-20-14(22-13)21-11-6-4-10(16)5-7-11/h4-9H,3H2,1-2H3,(H,20,21,22). The molecule has 0 fully saturated rings. The van der Waals surface area contributed by atoms with Gasteiger partial charge in [-0.2, -0.15) is 18.2 Å². The van der Waals surface area contributed by atoms with E-state index in [0.29, 0.717) is 12.1 Å². The second-order valence-corrected chi connectivity index (χ2v) is 5.79. The number of halogens is 4. The van der Waals surface area contributed by atoms with Gasteiger partial charge in [-0.05, 0) is 37.6 Å². The van der Waals surface area contributed by atoms with Gasteiger partial charge in [0.1, 0.15) is 5.56 Å². The molecule has 0 aliphatic heterocycles. The van der Waals surface area contributed by atoms with Gasteiger partial charge in [0.2, 0.25) is 11.8 Å². The molecular formula is C15H15BrF3N3O. The van der Waals surface area contributed by atoms with E-state index in [4.69, 9.17) is 4.74 Å². The van der Waals surface area contributed by atoms with Crippen LogP contribution >= 0.6 is 15.9 Å². The Labute approximate surface area is 140 Å². The quantitative estimate of drug-likeness (QED) is 0.765. The lowest BCUT2D eigenvalue weighted by molar-refractivity contribution is -0.139. The molecule has 1 aromatic heterocycles. The third-order valence-corrected chi connectivity index (χ3v) is 3.58. The van der Waals surface area contributed by atoms with Gasteiger partial charge in [0.15, 0.2) is 0 Å². The van der Waals surface area contributed by atoms with Crippen LogP contribution in [0.5, 0.6) is 5.88 Å². The average Bonchev–Trinajstić information content (AvgIpc) is 2.48. The highest BCUT2D eigenvalue weighted by atomic mass is 79.9. The van der Waals surface area contributed by atoms with Crippen molar-refractivity contribution in [3.63, 3.8) is 0 Å². The molecule has 2 aromatic rings. The van der Waals surface area contributed by atoms with Crippen molar-refractivity contribution in [2.75, 3.05) is 5.32 Å². The second kappa shape index (κ2) is 7.16. The van der Waals surface area contributed by atoms with E-state index in [1.54, 1.807) is 31.2 Å². The number of nitrogens with zero attached hydrogens (tertiary/aromatic N) is 2. The summed E-state index contributed by atoms with van der Waals surface area (Å²) in [7, 11) is 0. The van der Waals surface area contributed by atoms with Gasteiger partial charge in [-0.3, -0.25) is 0 Å². The summed E-state index contributed by atoms with van der Waals surface area (Å²) in [5.74, 6) is -0.430. The zero-order valence-electron chi connectivity index (χ0n) is 12.5. The Morgan fingerprint density at radius 1 is 1.26 bits per heavy atom. The molecule has 1 atom stereocenters. The molecule has 0 saturated heterocycles. The molecule has 23 heavy (non-hydrogen) atoms. The van der Waals surface area contributed by atoms with Crippen molar-refractivity contribution in [2.45, 2.75) is 32.5 Å². The molecule has 0 saturated carbocycles. The summed E-state index contributed by atoms with van der Waals surface area (Å²) < 4.78 is 45.2. The minimum atomic E-state index is -4.57. The van der Waals surface area contributed by atoms with Crippen LogP contribution in [0.25, 0.3) is 0 Å². The summed E-state index contributed by atoms with van der Waals surface area (Å²) in [6.07, 6.45) is -3.66. The summed E-state index contributed by atoms with van der Waals surface area (Å²) in [6, 6.07) is 7.09. The van der Waals surface area contributed by atoms with E-state index in [2.05, 4.69) is 31.2 Å². The van der Waals surface area contributed by atoms with Crippen molar-refractivity contribution in [1.82, 2.24) is 9.97 Å². The van der Waals surface area contributed by atoms with Gasteiger partial charge in [-0.15, -0.1) is 0 Å². The lowest BCUT2D eigenvalue weighted by Gasteiger charge is -2.17. The number of anilines is 2. The van der Waals surface area contributed by atoms with Crippen LogP contribution in [0.2, 0.25) is 0 Å². The lowest BCUT2D eigenvalue weighted by atomic mass is 10.3. The van der Waals surface area contributed by atoms with Crippen molar-refractivity contribution in [3.05, 3.63) is 40.5 Å². The number of benzene rings is 1. The van der Waals surface area contributed by atoms with Gasteiger partial charge in [-0.1, -0.05) is 22.9 Å². The van der Waals surface area contributed by atoms with Crippen molar-refractivity contribution in [2.24, 2.45) is 0 Å². The summed E-state index contributed by atoms with van der Waals surface area (Å²) in [4.78, 5) is 7.59. The average molecular weight is 390 g/mol. The molecule has 0 bridgehead atoms. The number of ether oxygens (including phenoxy) is 1. The van der Waals surface area contributed by atoms with E-state index in [1.165, 1.54) is 0 Å². The summed E-state index contributed by atoms with van der Waals surface area (Å²) in [6.45, 7) is 3.50. The van der Waals surface area contributed by atoms with Crippen molar-refractivity contribution in [3.8, 4) is 5.88 Å². The fraction of sp³-hybridized carbons (Fsp3) is 0.333. The molecule has 1 N–H and O–H groups in total. The summed E-state index contributed by atoms with van der Waals surface area (Å²) in [5.41, 5.74) is -0.332. The Bertz CT molecular complexity index is 662. The Morgan fingerprint density at radius 3 is 2.48 bits per heavy atom.